The number of hydrogen-bond donors (Lipinski definition) is 1. The molecule has 0 radical (unpaired) electrons. The zero-order valence-corrected chi connectivity index (χ0v) is 15.4. The quantitative estimate of drug-likeness (QED) is 0.667. The number of fused-ring (bicyclic) bond motifs is 1. The van der Waals surface area contributed by atoms with E-state index in [1.54, 1.807) is 29.5 Å². The van der Waals surface area contributed by atoms with Crippen molar-refractivity contribution >= 4 is 17.7 Å². The number of H-pyrrole nitrogens is 1. The predicted octanol–water partition coefficient (Wildman–Crippen LogP) is 1.86. The Kier molecular flexibility index (Phi) is 4.67. The van der Waals surface area contributed by atoms with Crippen molar-refractivity contribution < 1.29 is 19.1 Å². The van der Waals surface area contributed by atoms with E-state index in [2.05, 4.69) is 10.1 Å². The van der Waals surface area contributed by atoms with Crippen molar-refractivity contribution in [3.8, 4) is 0 Å². The molecule has 0 spiro atoms. The molecule has 2 aromatic heterocycles. The van der Waals surface area contributed by atoms with Gasteiger partial charge in [0.1, 0.15) is 0 Å². The number of carbonyl (C=O) groups excluding carboxylic acids is 3. The second-order valence-electron chi connectivity index (χ2n) is 6.50. The number of amides is 1. The summed E-state index contributed by atoms with van der Waals surface area (Å²) in [5, 5.41) is 4.26. The average Bonchev–Trinajstić information content (AvgIpc) is 3.06. The molecule has 0 saturated heterocycles. The van der Waals surface area contributed by atoms with Crippen LogP contribution in [0.15, 0.2) is 6.07 Å². The highest BCUT2D eigenvalue weighted by Gasteiger charge is 2.27. The minimum Gasteiger partial charge on any atom is -0.464 e. The summed E-state index contributed by atoms with van der Waals surface area (Å²) in [6, 6.07) is 1.66. The topological polar surface area (TPSA) is 97.3 Å². The van der Waals surface area contributed by atoms with E-state index in [0.29, 0.717) is 42.1 Å². The molecule has 1 aliphatic heterocycles. The Morgan fingerprint density at radius 1 is 1.23 bits per heavy atom. The number of aryl methyl sites for hydroxylation is 2. The van der Waals surface area contributed by atoms with Crippen LogP contribution >= 0.6 is 0 Å². The molecule has 3 heterocycles. The predicted molar refractivity (Wildman–Crippen MR) is 93.2 cm³/mol. The summed E-state index contributed by atoms with van der Waals surface area (Å²) in [4.78, 5) is 41.3. The third kappa shape index (κ3) is 3.02. The van der Waals surface area contributed by atoms with Gasteiger partial charge in [0, 0.05) is 25.7 Å². The summed E-state index contributed by atoms with van der Waals surface area (Å²) in [6.07, 6.45) is 0.725. The van der Waals surface area contributed by atoms with Gasteiger partial charge in [-0.25, -0.2) is 4.79 Å². The molecule has 0 aromatic carbocycles. The molecule has 1 N–H and O–H groups in total. The molecule has 0 bridgehead atoms. The van der Waals surface area contributed by atoms with Crippen LogP contribution in [0.1, 0.15) is 61.6 Å². The van der Waals surface area contributed by atoms with Gasteiger partial charge in [-0.2, -0.15) is 5.10 Å². The van der Waals surface area contributed by atoms with Crippen LogP contribution in [0.5, 0.6) is 0 Å². The fourth-order valence-corrected chi connectivity index (χ4v) is 3.42. The first-order chi connectivity index (χ1) is 12.3. The number of hydrogen-bond acceptors (Lipinski definition) is 5. The molecule has 1 amide bonds. The average molecular weight is 358 g/mol. The lowest BCUT2D eigenvalue weighted by Gasteiger charge is -2.20. The van der Waals surface area contributed by atoms with E-state index in [0.717, 1.165) is 12.1 Å². The van der Waals surface area contributed by atoms with Gasteiger partial charge in [-0.05, 0) is 31.9 Å². The minimum atomic E-state index is -0.494. The Hall–Kier alpha value is -2.90. The second kappa shape index (κ2) is 6.78. The van der Waals surface area contributed by atoms with Gasteiger partial charge in [0.05, 0.1) is 30.6 Å². The van der Waals surface area contributed by atoms with Crippen molar-refractivity contribution in [2.75, 3.05) is 13.7 Å². The Balaban J connectivity index is 1.91. The lowest BCUT2D eigenvalue weighted by atomic mass is 10.1. The lowest BCUT2D eigenvalue weighted by Crippen LogP contribution is -2.31. The molecule has 8 heteroatoms. The number of aromatic nitrogens is 3. The largest absolute Gasteiger partial charge is 0.464 e. The van der Waals surface area contributed by atoms with Crippen LogP contribution in [0.2, 0.25) is 0 Å². The number of aromatic amines is 1. The van der Waals surface area contributed by atoms with Crippen LogP contribution in [-0.4, -0.2) is 51.0 Å². The highest BCUT2D eigenvalue weighted by Crippen LogP contribution is 2.23. The Morgan fingerprint density at radius 2 is 1.96 bits per heavy atom. The monoisotopic (exact) mass is 358 g/mol. The minimum absolute atomic E-state index is 0.0960. The number of ketones is 1. The summed E-state index contributed by atoms with van der Waals surface area (Å²) in [6.45, 7) is 6.61. The summed E-state index contributed by atoms with van der Waals surface area (Å²) in [7, 11) is 1.31. The van der Waals surface area contributed by atoms with Crippen LogP contribution < -0.4 is 0 Å². The normalized spacial score (nSPS) is 13.9. The molecular formula is C18H22N4O4. The summed E-state index contributed by atoms with van der Waals surface area (Å²) in [5.41, 5.74) is 3.40. The maximum Gasteiger partial charge on any atom is 0.358 e. The van der Waals surface area contributed by atoms with Crippen molar-refractivity contribution in [2.45, 2.75) is 40.3 Å². The number of Topliss-reactive ketones (excluding diaryl/α,β-unsaturated/α-hetero) is 1. The van der Waals surface area contributed by atoms with Gasteiger partial charge in [0.25, 0.3) is 5.91 Å². The number of nitrogens with zero attached hydrogens (tertiary/aromatic N) is 3. The first-order valence-corrected chi connectivity index (χ1v) is 8.48. The number of rotatable bonds is 3. The van der Waals surface area contributed by atoms with E-state index in [4.69, 9.17) is 4.74 Å². The molecule has 0 aliphatic carbocycles. The van der Waals surface area contributed by atoms with Gasteiger partial charge in [0.2, 0.25) is 0 Å². The van der Waals surface area contributed by atoms with Gasteiger partial charge < -0.3 is 14.6 Å². The summed E-state index contributed by atoms with van der Waals surface area (Å²) in [5.74, 6) is -0.716. The fourth-order valence-electron chi connectivity index (χ4n) is 3.42. The molecule has 26 heavy (non-hydrogen) atoms. The molecule has 138 valence electrons. The molecule has 1 aliphatic rings. The number of ether oxygens (including phenoxy) is 1. The first kappa shape index (κ1) is 17.9. The van der Waals surface area contributed by atoms with Gasteiger partial charge in [-0.1, -0.05) is 0 Å². The maximum absolute atomic E-state index is 13.1. The summed E-state index contributed by atoms with van der Waals surface area (Å²) >= 11 is 0. The molecule has 8 nitrogen and oxygen atoms in total. The van der Waals surface area contributed by atoms with Crippen LogP contribution in [0, 0.1) is 13.8 Å². The second-order valence-corrected chi connectivity index (χ2v) is 6.50. The molecule has 3 rings (SSSR count). The fraction of sp³-hybridized carbons (Fsp3) is 0.444. The van der Waals surface area contributed by atoms with E-state index in [-0.39, 0.29) is 17.4 Å². The van der Waals surface area contributed by atoms with Crippen LogP contribution in [0.3, 0.4) is 0 Å². The van der Waals surface area contributed by atoms with Gasteiger partial charge >= 0.3 is 5.97 Å². The van der Waals surface area contributed by atoms with E-state index in [1.165, 1.54) is 14.0 Å². The Labute approximate surface area is 151 Å². The molecule has 0 fully saturated rings. The number of carbonyl (C=O) groups is 3. The Bertz CT molecular complexity index is 893. The SMILES string of the molecule is COC(=O)c1cc2n(n1)CCCN(C(=O)c1c(C)[nH]c(C(C)=O)c1C)C2. The zero-order valence-electron chi connectivity index (χ0n) is 15.4. The number of nitrogens with one attached hydrogen (secondary N) is 1. The summed E-state index contributed by atoms with van der Waals surface area (Å²) < 4.78 is 6.46. The van der Waals surface area contributed by atoms with E-state index in [1.807, 2.05) is 0 Å². The zero-order chi connectivity index (χ0) is 19.0. The first-order valence-electron chi connectivity index (χ1n) is 8.48. The smallest absolute Gasteiger partial charge is 0.358 e. The molecule has 0 atom stereocenters. The standard InChI is InChI=1S/C18H22N4O4/c1-10-15(11(2)19-16(10)12(3)23)17(24)21-6-5-7-22-13(9-21)8-14(20-22)18(25)26-4/h8,19H,5-7,9H2,1-4H3. The molecule has 0 unspecified atom stereocenters. The highest BCUT2D eigenvalue weighted by molar-refractivity contribution is 6.02. The highest BCUT2D eigenvalue weighted by atomic mass is 16.5. The van der Waals surface area contributed by atoms with Crippen molar-refractivity contribution in [3.63, 3.8) is 0 Å². The third-order valence-electron chi connectivity index (χ3n) is 4.70. The molecule has 2 aromatic rings. The van der Waals surface area contributed by atoms with Crippen LogP contribution in [0.4, 0.5) is 0 Å². The van der Waals surface area contributed by atoms with Crippen molar-refractivity contribution in [1.29, 1.82) is 0 Å². The molecular weight excluding hydrogens is 336 g/mol. The van der Waals surface area contributed by atoms with Gasteiger partial charge in [-0.3, -0.25) is 14.3 Å². The van der Waals surface area contributed by atoms with Crippen molar-refractivity contribution in [3.05, 3.63) is 40.0 Å². The number of methoxy groups -OCH3 is 1. The van der Waals surface area contributed by atoms with Gasteiger partial charge in [-0.15, -0.1) is 0 Å². The van der Waals surface area contributed by atoms with Crippen molar-refractivity contribution in [1.82, 2.24) is 19.7 Å². The maximum atomic E-state index is 13.1. The lowest BCUT2D eigenvalue weighted by molar-refractivity contribution is 0.0592. The van der Waals surface area contributed by atoms with Gasteiger partial charge in [0.15, 0.2) is 11.5 Å². The molecule has 0 saturated carbocycles. The van der Waals surface area contributed by atoms with Crippen molar-refractivity contribution in [2.24, 2.45) is 0 Å². The van der Waals surface area contributed by atoms with E-state index >= 15 is 0 Å². The Morgan fingerprint density at radius 3 is 2.58 bits per heavy atom. The van der Waals surface area contributed by atoms with Crippen LogP contribution in [0.25, 0.3) is 0 Å². The van der Waals surface area contributed by atoms with Crippen LogP contribution in [-0.2, 0) is 17.8 Å². The van der Waals surface area contributed by atoms with E-state index in [9.17, 15) is 14.4 Å². The third-order valence-corrected chi connectivity index (χ3v) is 4.70. The van der Waals surface area contributed by atoms with E-state index < -0.39 is 5.97 Å². The number of esters is 1.